The molecule has 10 heteroatoms. The molecule has 1 aliphatic carbocycles. The van der Waals surface area contributed by atoms with Crippen molar-refractivity contribution >= 4 is 39.1 Å². The number of carbonyl (C=O) groups excluding carboxylic acids is 2. The van der Waals surface area contributed by atoms with Gasteiger partial charge in [0.05, 0.1) is 19.1 Å². The molecular weight excluding hydrogens is 502 g/mol. The molecule has 2 amide bonds. The van der Waals surface area contributed by atoms with Crippen LogP contribution in [0.4, 0.5) is 5.69 Å². The Kier molecular flexibility index (Phi) is 9.24. The van der Waals surface area contributed by atoms with Crippen molar-refractivity contribution in [2.45, 2.75) is 58.2 Å². The van der Waals surface area contributed by atoms with Crippen LogP contribution in [0.1, 0.15) is 43.7 Å². The number of methoxy groups -OCH3 is 1. The zero-order valence-corrected chi connectivity index (χ0v) is 22.7. The highest BCUT2D eigenvalue weighted by Gasteiger charge is 2.31. The Bertz CT molecular complexity index is 1200. The molecule has 8 nitrogen and oxygen atoms in total. The molecule has 0 heterocycles. The lowest BCUT2D eigenvalue weighted by atomic mass is 10.1. The van der Waals surface area contributed by atoms with E-state index in [1.807, 2.05) is 6.07 Å². The normalized spacial score (nSPS) is 14.8. The number of amides is 2. The SMILES string of the molecule is COc1cccc(CN(C(=O)CN(c2ccc(Cl)cc2C)S(C)(=O)=O)[C@@H](C)C(=O)NC2CCCC2)c1. The van der Waals surface area contributed by atoms with Gasteiger partial charge in [0.15, 0.2) is 0 Å². The number of anilines is 1. The van der Waals surface area contributed by atoms with E-state index in [4.69, 9.17) is 16.3 Å². The standard InChI is InChI=1S/C26H34ClN3O5S/c1-18-14-21(27)12-13-24(18)30(36(4,33)34)17-25(31)29(16-20-8-7-11-23(15-20)35-3)19(2)26(32)28-22-9-5-6-10-22/h7-8,11-15,19,22H,5-6,9-10,16-17H2,1-4H3,(H,28,32)/t19-/m0/s1. The van der Waals surface area contributed by atoms with E-state index >= 15 is 0 Å². The van der Waals surface area contributed by atoms with Crippen molar-refractivity contribution in [2.24, 2.45) is 0 Å². The number of aryl methyl sites for hydroxylation is 1. The minimum atomic E-state index is -3.81. The van der Waals surface area contributed by atoms with E-state index in [2.05, 4.69) is 5.32 Å². The Balaban J connectivity index is 1.91. The predicted molar refractivity (Wildman–Crippen MR) is 142 cm³/mol. The van der Waals surface area contributed by atoms with E-state index in [-0.39, 0.29) is 18.5 Å². The predicted octanol–water partition coefficient (Wildman–Crippen LogP) is 3.90. The van der Waals surface area contributed by atoms with Gasteiger partial charge in [-0.05, 0) is 68.1 Å². The molecule has 0 aromatic heterocycles. The first-order valence-corrected chi connectivity index (χ1v) is 14.2. The van der Waals surface area contributed by atoms with E-state index in [9.17, 15) is 18.0 Å². The molecule has 0 spiro atoms. The van der Waals surface area contributed by atoms with Crippen LogP contribution in [0.2, 0.25) is 5.02 Å². The largest absolute Gasteiger partial charge is 0.497 e. The first-order chi connectivity index (χ1) is 17.0. The molecule has 36 heavy (non-hydrogen) atoms. The van der Waals surface area contributed by atoms with Crippen molar-refractivity contribution in [3.63, 3.8) is 0 Å². The zero-order valence-electron chi connectivity index (χ0n) is 21.2. The topological polar surface area (TPSA) is 96.0 Å². The van der Waals surface area contributed by atoms with Gasteiger partial charge in [0, 0.05) is 17.6 Å². The molecule has 0 radical (unpaired) electrons. The highest BCUT2D eigenvalue weighted by Crippen LogP contribution is 2.26. The summed E-state index contributed by atoms with van der Waals surface area (Å²) < 4.78 is 31.8. The Morgan fingerprint density at radius 3 is 2.47 bits per heavy atom. The zero-order chi connectivity index (χ0) is 26.5. The maximum absolute atomic E-state index is 13.7. The van der Waals surface area contributed by atoms with Crippen molar-refractivity contribution in [3.05, 3.63) is 58.6 Å². The van der Waals surface area contributed by atoms with Crippen LogP contribution < -0.4 is 14.4 Å². The van der Waals surface area contributed by atoms with Gasteiger partial charge in [-0.25, -0.2) is 8.42 Å². The van der Waals surface area contributed by atoms with Gasteiger partial charge >= 0.3 is 0 Å². The number of halogens is 1. The van der Waals surface area contributed by atoms with Crippen LogP contribution in [-0.4, -0.2) is 57.1 Å². The molecule has 196 valence electrons. The van der Waals surface area contributed by atoms with Gasteiger partial charge in [-0.2, -0.15) is 0 Å². The van der Waals surface area contributed by atoms with Crippen molar-refractivity contribution in [2.75, 3.05) is 24.2 Å². The Morgan fingerprint density at radius 1 is 1.17 bits per heavy atom. The average molecular weight is 536 g/mol. The van der Waals surface area contributed by atoms with Crippen LogP contribution in [-0.2, 0) is 26.2 Å². The minimum absolute atomic E-state index is 0.0953. The van der Waals surface area contributed by atoms with Crippen LogP contribution >= 0.6 is 11.6 Å². The van der Waals surface area contributed by atoms with Crippen LogP contribution in [0.3, 0.4) is 0 Å². The summed E-state index contributed by atoms with van der Waals surface area (Å²) in [6, 6.07) is 11.3. The highest BCUT2D eigenvalue weighted by molar-refractivity contribution is 7.92. The Morgan fingerprint density at radius 2 is 1.86 bits per heavy atom. The molecule has 2 aromatic carbocycles. The molecule has 0 bridgehead atoms. The fraction of sp³-hybridized carbons (Fsp3) is 0.462. The summed E-state index contributed by atoms with van der Waals surface area (Å²) in [6.45, 7) is 3.06. The van der Waals surface area contributed by atoms with Crippen molar-refractivity contribution < 1.29 is 22.7 Å². The number of nitrogens with zero attached hydrogens (tertiary/aromatic N) is 2. The molecular formula is C26H34ClN3O5S. The minimum Gasteiger partial charge on any atom is -0.497 e. The van der Waals surface area contributed by atoms with Crippen LogP contribution in [0, 0.1) is 6.92 Å². The van der Waals surface area contributed by atoms with Gasteiger partial charge in [0.2, 0.25) is 21.8 Å². The monoisotopic (exact) mass is 535 g/mol. The van der Waals surface area contributed by atoms with Crippen molar-refractivity contribution in [1.29, 1.82) is 0 Å². The summed E-state index contributed by atoms with van der Waals surface area (Å²) in [5.74, 6) is -0.129. The van der Waals surface area contributed by atoms with Gasteiger partial charge in [-0.15, -0.1) is 0 Å². The van der Waals surface area contributed by atoms with E-state index in [0.717, 1.165) is 41.8 Å². The van der Waals surface area contributed by atoms with Crippen LogP contribution in [0.25, 0.3) is 0 Å². The Hall–Kier alpha value is -2.78. The second-order valence-electron chi connectivity index (χ2n) is 9.24. The molecule has 0 aliphatic heterocycles. The third-order valence-electron chi connectivity index (χ3n) is 6.46. The first-order valence-electron chi connectivity index (χ1n) is 12.0. The molecule has 1 N–H and O–H groups in total. The third-order valence-corrected chi connectivity index (χ3v) is 7.82. The van der Waals surface area contributed by atoms with Gasteiger partial charge in [-0.1, -0.05) is 36.6 Å². The lowest BCUT2D eigenvalue weighted by Crippen LogP contribution is -2.52. The molecule has 0 saturated heterocycles. The average Bonchev–Trinajstić information content (AvgIpc) is 3.33. The molecule has 1 atom stereocenters. The first kappa shape index (κ1) is 27.8. The smallest absolute Gasteiger partial charge is 0.244 e. The van der Waals surface area contributed by atoms with Crippen LogP contribution in [0.15, 0.2) is 42.5 Å². The molecule has 1 fully saturated rings. The quantitative estimate of drug-likeness (QED) is 0.498. The molecule has 2 aromatic rings. The summed E-state index contributed by atoms with van der Waals surface area (Å²) in [4.78, 5) is 28.2. The number of ether oxygens (including phenoxy) is 1. The molecule has 1 saturated carbocycles. The summed E-state index contributed by atoms with van der Waals surface area (Å²) in [6.07, 6.45) is 5.02. The lowest BCUT2D eigenvalue weighted by Gasteiger charge is -2.32. The summed E-state index contributed by atoms with van der Waals surface area (Å²) in [7, 11) is -2.25. The Labute approximate surface area is 218 Å². The number of hydrogen-bond donors (Lipinski definition) is 1. The molecule has 0 unspecified atom stereocenters. The highest BCUT2D eigenvalue weighted by atomic mass is 35.5. The number of sulfonamides is 1. The fourth-order valence-electron chi connectivity index (χ4n) is 4.44. The number of benzene rings is 2. The van der Waals surface area contributed by atoms with Crippen LogP contribution in [0.5, 0.6) is 5.75 Å². The lowest BCUT2D eigenvalue weighted by molar-refractivity contribution is -0.139. The molecule has 3 rings (SSSR count). The van der Waals surface area contributed by atoms with Crippen molar-refractivity contribution in [1.82, 2.24) is 10.2 Å². The summed E-state index contributed by atoms with van der Waals surface area (Å²) in [5.41, 5.74) is 1.74. The van der Waals surface area contributed by atoms with E-state index < -0.39 is 28.5 Å². The fourth-order valence-corrected chi connectivity index (χ4v) is 5.57. The van der Waals surface area contributed by atoms with Gasteiger partial charge in [0.25, 0.3) is 0 Å². The third kappa shape index (κ3) is 7.13. The van der Waals surface area contributed by atoms with Gasteiger partial charge < -0.3 is 15.0 Å². The second kappa shape index (κ2) is 12.0. The number of nitrogens with one attached hydrogen (secondary N) is 1. The maximum Gasteiger partial charge on any atom is 0.244 e. The van der Waals surface area contributed by atoms with Gasteiger partial charge in [-0.3, -0.25) is 13.9 Å². The number of rotatable bonds is 10. The van der Waals surface area contributed by atoms with E-state index in [0.29, 0.717) is 22.0 Å². The molecule has 1 aliphatic rings. The van der Waals surface area contributed by atoms with Crippen molar-refractivity contribution in [3.8, 4) is 5.75 Å². The van der Waals surface area contributed by atoms with E-state index in [1.54, 1.807) is 57.4 Å². The van der Waals surface area contributed by atoms with Gasteiger partial charge in [0.1, 0.15) is 18.3 Å². The summed E-state index contributed by atoms with van der Waals surface area (Å²) in [5, 5.41) is 3.51. The summed E-state index contributed by atoms with van der Waals surface area (Å²) >= 11 is 6.06. The number of carbonyl (C=O) groups is 2. The second-order valence-corrected chi connectivity index (χ2v) is 11.6. The number of hydrogen-bond acceptors (Lipinski definition) is 5. The maximum atomic E-state index is 13.7. The van der Waals surface area contributed by atoms with E-state index in [1.165, 1.54) is 4.90 Å².